The Morgan fingerprint density at radius 2 is 1.75 bits per heavy atom. The number of benzene rings is 2. The van der Waals surface area contributed by atoms with E-state index in [1.54, 1.807) is 49.6 Å². The Balaban J connectivity index is 1.38. The Kier molecular flexibility index (Phi) is 6.72. The molecule has 4 amide bonds. The summed E-state index contributed by atoms with van der Waals surface area (Å²) in [6, 6.07) is 18.2. The van der Waals surface area contributed by atoms with Crippen LogP contribution in [-0.2, 0) is 22.6 Å². The van der Waals surface area contributed by atoms with Crippen molar-refractivity contribution in [3.8, 4) is 5.75 Å². The molecule has 1 N–H and O–H groups in total. The molecule has 2 saturated heterocycles. The number of nitrogens with zero attached hydrogens (tertiary/aromatic N) is 3. The van der Waals surface area contributed by atoms with Gasteiger partial charge in [0.05, 0.1) is 12.8 Å². The van der Waals surface area contributed by atoms with Crippen LogP contribution in [0.1, 0.15) is 23.6 Å². The van der Waals surface area contributed by atoms with E-state index < -0.39 is 23.3 Å². The smallest absolute Gasteiger partial charge is 0.335 e. The third-order valence-corrected chi connectivity index (χ3v) is 8.49. The summed E-state index contributed by atoms with van der Waals surface area (Å²) in [7, 11) is 1.57. The highest BCUT2D eigenvalue weighted by molar-refractivity contribution is 6.32. The Bertz CT molecular complexity index is 1550. The van der Waals surface area contributed by atoms with Crippen molar-refractivity contribution in [3.05, 3.63) is 93.4 Å². The third kappa shape index (κ3) is 4.59. The summed E-state index contributed by atoms with van der Waals surface area (Å²) in [6.45, 7) is 1.95. The van der Waals surface area contributed by atoms with E-state index in [4.69, 9.17) is 16.3 Å². The van der Waals surface area contributed by atoms with Gasteiger partial charge in [-0.1, -0.05) is 35.9 Å². The lowest BCUT2D eigenvalue weighted by molar-refractivity contribution is -0.144. The quantitative estimate of drug-likeness (QED) is 0.464. The van der Waals surface area contributed by atoms with Crippen LogP contribution in [0.25, 0.3) is 0 Å². The topological polar surface area (TPSA) is 101 Å². The standard InChI is InChI=1S/C30H29ClN4O5/c1-40-24-10-8-19(9-11-24)14-30(27(37)32-29(39)35(28(30)38)23-5-2-4-22(31)13-23)18-33-15-20-12-21(17-33)25-6-3-7-26(36)34(25)16-20/h2-11,13,20-21H,12,14-18H2,1H3,(H,32,37,39)/t20-,21+,30-/m1/s1. The van der Waals surface area contributed by atoms with Crippen molar-refractivity contribution in [1.29, 1.82) is 0 Å². The Labute approximate surface area is 236 Å². The van der Waals surface area contributed by atoms with Gasteiger partial charge in [0, 0.05) is 48.9 Å². The zero-order valence-corrected chi connectivity index (χ0v) is 22.8. The first-order chi connectivity index (χ1) is 19.3. The average Bonchev–Trinajstić information content (AvgIpc) is 2.93. The number of rotatable bonds is 6. The molecule has 2 aromatic carbocycles. The molecule has 4 heterocycles. The van der Waals surface area contributed by atoms with E-state index >= 15 is 0 Å². The van der Waals surface area contributed by atoms with Crippen LogP contribution in [0.15, 0.2) is 71.5 Å². The maximum atomic E-state index is 14.4. The number of nitrogens with one attached hydrogen (secondary N) is 1. The molecule has 6 rings (SSSR count). The van der Waals surface area contributed by atoms with Crippen LogP contribution in [0.4, 0.5) is 10.5 Å². The molecule has 206 valence electrons. The SMILES string of the molecule is COc1ccc(C[C@@]2(CN3C[C@H]4C[C@@H](C3)c3cccc(=O)n3C4)C(=O)NC(=O)N(c3cccc(Cl)c3)C2=O)cc1. The average molecular weight is 561 g/mol. The molecule has 0 radical (unpaired) electrons. The second kappa shape index (κ2) is 10.2. The molecule has 2 fully saturated rings. The number of carbonyl (C=O) groups excluding carboxylic acids is 3. The summed E-state index contributed by atoms with van der Waals surface area (Å²) in [6.07, 6.45) is 1.03. The first-order valence-corrected chi connectivity index (χ1v) is 13.7. The van der Waals surface area contributed by atoms with Crippen molar-refractivity contribution >= 4 is 35.1 Å². The molecule has 2 bridgehead atoms. The Morgan fingerprint density at radius 3 is 2.50 bits per heavy atom. The first-order valence-electron chi connectivity index (χ1n) is 13.3. The molecular formula is C30H29ClN4O5. The molecule has 3 aliphatic rings. The van der Waals surface area contributed by atoms with Crippen LogP contribution >= 0.6 is 11.6 Å². The number of imide groups is 2. The second-order valence-corrected chi connectivity index (χ2v) is 11.3. The number of piperidine rings is 1. The predicted molar refractivity (Wildman–Crippen MR) is 150 cm³/mol. The summed E-state index contributed by atoms with van der Waals surface area (Å²) in [4.78, 5) is 56.9. The maximum Gasteiger partial charge on any atom is 0.335 e. The van der Waals surface area contributed by atoms with E-state index in [2.05, 4.69) is 10.2 Å². The zero-order valence-electron chi connectivity index (χ0n) is 22.0. The molecule has 3 aromatic rings. The monoisotopic (exact) mass is 560 g/mol. The Morgan fingerprint density at radius 1 is 0.975 bits per heavy atom. The number of methoxy groups -OCH3 is 1. The number of pyridine rings is 1. The maximum absolute atomic E-state index is 14.4. The number of ether oxygens (including phenoxy) is 1. The highest BCUT2D eigenvalue weighted by atomic mass is 35.5. The van der Waals surface area contributed by atoms with Crippen molar-refractivity contribution in [1.82, 2.24) is 14.8 Å². The van der Waals surface area contributed by atoms with E-state index in [0.717, 1.165) is 22.6 Å². The highest BCUT2D eigenvalue weighted by Crippen LogP contribution is 2.39. The number of likely N-dealkylation sites (tertiary alicyclic amines) is 1. The summed E-state index contributed by atoms with van der Waals surface area (Å²) < 4.78 is 7.13. The summed E-state index contributed by atoms with van der Waals surface area (Å²) >= 11 is 6.20. The van der Waals surface area contributed by atoms with Crippen LogP contribution in [0, 0.1) is 11.3 Å². The van der Waals surface area contributed by atoms with Crippen molar-refractivity contribution in [3.63, 3.8) is 0 Å². The van der Waals surface area contributed by atoms with Gasteiger partial charge in [0.15, 0.2) is 0 Å². The lowest BCUT2D eigenvalue weighted by atomic mass is 9.75. The number of hydrogen-bond donors (Lipinski definition) is 1. The molecular weight excluding hydrogens is 532 g/mol. The molecule has 9 nitrogen and oxygen atoms in total. The molecule has 0 unspecified atom stereocenters. The lowest BCUT2D eigenvalue weighted by Crippen LogP contribution is -2.68. The molecule has 3 atom stereocenters. The van der Waals surface area contributed by atoms with Crippen molar-refractivity contribution in [2.75, 3.05) is 31.6 Å². The van der Waals surface area contributed by atoms with Gasteiger partial charge in [-0.15, -0.1) is 0 Å². The molecule has 40 heavy (non-hydrogen) atoms. The summed E-state index contributed by atoms with van der Waals surface area (Å²) in [5, 5.41) is 2.83. The fourth-order valence-corrected chi connectivity index (χ4v) is 6.66. The van der Waals surface area contributed by atoms with E-state index in [0.29, 0.717) is 36.1 Å². The second-order valence-electron chi connectivity index (χ2n) is 10.9. The first kappa shape index (κ1) is 26.3. The van der Waals surface area contributed by atoms with E-state index in [-0.39, 0.29) is 30.4 Å². The third-order valence-electron chi connectivity index (χ3n) is 8.25. The predicted octanol–water partition coefficient (Wildman–Crippen LogP) is 3.44. The molecule has 3 aliphatic heterocycles. The van der Waals surface area contributed by atoms with Gasteiger partial charge in [-0.05, 0) is 60.7 Å². The number of barbiturate groups is 1. The fourth-order valence-electron chi connectivity index (χ4n) is 6.48. The van der Waals surface area contributed by atoms with Crippen LogP contribution in [0.3, 0.4) is 0 Å². The van der Waals surface area contributed by atoms with Crippen LogP contribution in [0.2, 0.25) is 5.02 Å². The van der Waals surface area contributed by atoms with Gasteiger partial charge in [0.1, 0.15) is 11.2 Å². The van der Waals surface area contributed by atoms with Crippen molar-refractivity contribution in [2.45, 2.75) is 25.3 Å². The van der Waals surface area contributed by atoms with Crippen molar-refractivity contribution in [2.24, 2.45) is 11.3 Å². The summed E-state index contributed by atoms with van der Waals surface area (Å²) in [5.41, 5.74) is 0.457. The van der Waals surface area contributed by atoms with E-state index in [1.807, 2.05) is 22.8 Å². The van der Waals surface area contributed by atoms with Gasteiger partial charge in [0.2, 0.25) is 5.91 Å². The number of aromatic nitrogens is 1. The minimum Gasteiger partial charge on any atom is -0.497 e. The highest BCUT2D eigenvalue weighted by Gasteiger charge is 2.55. The van der Waals surface area contributed by atoms with Gasteiger partial charge >= 0.3 is 6.03 Å². The molecule has 0 saturated carbocycles. The zero-order chi connectivity index (χ0) is 28.0. The number of urea groups is 1. The normalized spacial score (nSPS) is 24.4. The number of fused-ring (bicyclic) bond motifs is 4. The number of hydrogen-bond acceptors (Lipinski definition) is 6. The van der Waals surface area contributed by atoms with Gasteiger partial charge in [-0.25, -0.2) is 9.69 Å². The molecule has 0 aliphatic carbocycles. The van der Waals surface area contributed by atoms with Gasteiger partial charge in [-0.2, -0.15) is 0 Å². The van der Waals surface area contributed by atoms with Crippen LogP contribution in [0.5, 0.6) is 5.75 Å². The van der Waals surface area contributed by atoms with Crippen LogP contribution in [-0.4, -0.2) is 54.1 Å². The minimum absolute atomic E-state index is 0.00543. The van der Waals surface area contributed by atoms with Crippen molar-refractivity contribution < 1.29 is 19.1 Å². The number of carbonyl (C=O) groups is 3. The number of amides is 4. The molecule has 10 heteroatoms. The van der Waals surface area contributed by atoms with Crippen LogP contribution < -0.4 is 20.5 Å². The number of halogens is 1. The largest absolute Gasteiger partial charge is 0.497 e. The minimum atomic E-state index is -1.58. The van der Waals surface area contributed by atoms with E-state index in [1.165, 1.54) is 6.07 Å². The molecule has 1 aromatic heterocycles. The van der Waals surface area contributed by atoms with Gasteiger partial charge < -0.3 is 14.2 Å². The molecule has 0 spiro atoms. The summed E-state index contributed by atoms with van der Waals surface area (Å²) in [5.74, 6) is -0.245. The lowest BCUT2D eigenvalue weighted by Gasteiger charge is -2.47. The van der Waals surface area contributed by atoms with Gasteiger partial charge in [-0.3, -0.25) is 19.7 Å². The Hall–Kier alpha value is -3.95. The fraction of sp³-hybridized carbons (Fsp3) is 0.333. The van der Waals surface area contributed by atoms with E-state index in [9.17, 15) is 19.2 Å². The van der Waals surface area contributed by atoms with Gasteiger partial charge in [0.25, 0.3) is 11.5 Å². The number of anilines is 1.